The number of hydrogen-bond acceptors (Lipinski definition) is 7. The first-order valence-electron chi connectivity index (χ1n) is 7.97. The summed E-state index contributed by atoms with van der Waals surface area (Å²) in [7, 11) is 0. The number of hydrogen-bond donors (Lipinski definition) is 2. The Morgan fingerprint density at radius 3 is 2.07 bits per heavy atom. The summed E-state index contributed by atoms with van der Waals surface area (Å²) >= 11 is 11.3. The molecule has 1 aromatic rings. The third-order valence-electron chi connectivity index (χ3n) is 3.01. The number of amidine groups is 2. The first-order valence-corrected chi connectivity index (χ1v) is 10.0. The number of alkyl halides is 3. The van der Waals surface area contributed by atoms with Gasteiger partial charge in [0, 0.05) is 17.0 Å². The van der Waals surface area contributed by atoms with Crippen molar-refractivity contribution in [2.75, 3.05) is 19.3 Å². The summed E-state index contributed by atoms with van der Waals surface area (Å²) < 4.78 is 36.8. The van der Waals surface area contributed by atoms with Crippen LogP contribution in [0.4, 0.5) is 13.2 Å². The molecule has 1 rings (SSSR count). The first-order chi connectivity index (χ1) is 13.2. The molecule has 0 aromatic heterocycles. The summed E-state index contributed by atoms with van der Waals surface area (Å²) in [6.07, 6.45) is -2.46. The Labute approximate surface area is 193 Å². The number of thioether (sulfide) groups is 1. The minimum absolute atomic E-state index is 0. The van der Waals surface area contributed by atoms with E-state index >= 15 is 0 Å². The van der Waals surface area contributed by atoms with Gasteiger partial charge in [-0.3, -0.25) is 0 Å². The van der Waals surface area contributed by atoms with Crippen molar-refractivity contribution in [3.8, 4) is 0 Å². The fraction of sp³-hybridized carbons (Fsp3) is 0.375. The van der Waals surface area contributed by atoms with Crippen LogP contribution in [0.25, 0.3) is 0 Å². The van der Waals surface area contributed by atoms with E-state index in [2.05, 4.69) is 25.7 Å². The van der Waals surface area contributed by atoms with Gasteiger partial charge < -0.3 is 35.9 Å². The van der Waals surface area contributed by atoms with Crippen LogP contribution in [0.15, 0.2) is 49.6 Å². The third kappa shape index (κ3) is 11.4. The van der Waals surface area contributed by atoms with Crippen molar-refractivity contribution in [1.29, 1.82) is 0 Å². The molecule has 0 aliphatic heterocycles. The summed E-state index contributed by atoms with van der Waals surface area (Å²) in [6, 6.07) is 7.36. The van der Waals surface area contributed by atoms with Gasteiger partial charge in [0.15, 0.2) is 0 Å². The number of nitrogens with one attached hydrogen (secondary N) is 2. The van der Waals surface area contributed by atoms with Crippen molar-refractivity contribution in [2.45, 2.75) is 24.9 Å². The normalized spacial score (nSPS) is 13.7. The van der Waals surface area contributed by atoms with Gasteiger partial charge in [-0.2, -0.15) is 28.5 Å². The molecule has 163 valence electrons. The van der Waals surface area contributed by atoms with E-state index in [9.17, 15) is 13.2 Å². The van der Waals surface area contributed by atoms with Crippen LogP contribution in [0.2, 0.25) is 0 Å². The van der Waals surface area contributed by atoms with Crippen molar-refractivity contribution in [3.63, 3.8) is 0 Å². The van der Waals surface area contributed by atoms with Crippen molar-refractivity contribution in [2.24, 2.45) is 20.4 Å². The zero-order chi connectivity index (χ0) is 21.2. The minimum Gasteiger partial charge on any atom is -0.741 e. The molecule has 0 bridgehead atoms. The first kappa shape index (κ1) is 27.6. The van der Waals surface area contributed by atoms with Gasteiger partial charge in [-0.25, -0.2) is 0 Å². The van der Waals surface area contributed by atoms with Crippen LogP contribution in [0, 0.1) is 0 Å². The minimum atomic E-state index is -4.40. The maximum absolute atomic E-state index is 12.3. The summed E-state index contributed by atoms with van der Waals surface area (Å²) in [5.41, 5.74) is 1.34. The fourth-order valence-corrected chi connectivity index (χ4v) is 2.46. The van der Waals surface area contributed by atoms with Crippen LogP contribution in [0.5, 0.6) is 0 Å². The summed E-state index contributed by atoms with van der Waals surface area (Å²) in [5, 5.41) is 20.2. The van der Waals surface area contributed by atoms with Gasteiger partial charge in [-0.05, 0) is 42.6 Å². The van der Waals surface area contributed by atoms with E-state index in [1.807, 2.05) is 30.6 Å². The van der Waals surface area contributed by atoms with E-state index < -0.39 is 12.7 Å². The van der Waals surface area contributed by atoms with Gasteiger partial charge in [0.2, 0.25) is 0 Å². The molecule has 29 heavy (non-hydrogen) atoms. The molecule has 0 saturated heterocycles. The van der Waals surface area contributed by atoms with Crippen LogP contribution >= 0.6 is 11.8 Å². The summed E-state index contributed by atoms with van der Waals surface area (Å²) in [4.78, 5) is 1.04. The average Bonchev–Trinajstić information content (AvgIpc) is 2.65. The maximum atomic E-state index is 12.3. The van der Waals surface area contributed by atoms with Gasteiger partial charge in [0.1, 0.15) is 12.3 Å². The molecule has 6 nitrogen and oxygen atoms in total. The number of halogens is 3. The van der Waals surface area contributed by atoms with Crippen molar-refractivity contribution < 1.29 is 30.2 Å². The molecule has 0 unspecified atom stereocenters. The zero-order valence-electron chi connectivity index (χ0n) is 15.7. The zero-order valence-corrected chi connectivity index (χ0v) is 19.1. The Kier molecular flexibility index (Phi) is 13.1. The van der Waals surface area contributed by atoms with Crippen molar-refractivity contribution >= 4 is 58.8 Å². The van der Waals surface area contributed by atoms with Crippen molar-refractivity contribution in [1.82, 2.24) is 10.6 Å². The van der Waals surface area contributed by atoms with E-state index in [0.29, 0.717) is 23.5 Å². The van der Waals surface area contributed by atoms with Gasteiger partial charge >= 0.3 is 23.2 Å². The topological polar surface area (TPSA) is 73.5 Å². The molecule has 0 saturated carbocycles. The van der Waals surface area contributed by atoms with Crippen molar-refractivity contribution in [3.05, 3.63) is 29.8 Å². The quantitative estimate of drug-likeness (QED) is 0.147. The van der Waals surface area contributed by atoms with Crippen LogP contribution in [-0.4, -0.2) is 47.3 Å². The molecule has 0 aliphatic carbocycles. The SMILES string of the molecule is CCNC([S-])=NN=C(C)C(=NN=C([S-])NCC(F)(F)F)c1ccc(SC)cc1.[Cu+2]. The molecule has 0 heterocycles. The van der Waals surface area contributed by atoms with E-state index in [-0.39, 0.29) is 27.4 Å². The molecular weight excluding hydrogens is 493 g/mol. The van der Waals surface area contributed by atoms with E-state index in [1.54, 1.807) is 30.8 Å². The molecule has 1 aromatic carbocycles. The Morgan fingerprint density at radius 1 is 1.00 bits per heavy atom. The van der Waals surface area contributed by atoms with Crippen LogP contribution in [0.3, 0.4) is 0 Å². The summed E-state index contributed by atoms with van der Waals surface area (Å²) in [5.74, 6) is 0. The number of benzene rings is 1. The van der Waals surface area contributed by atoms with E-state index in [1.165, 1.54) is 0 Å². The predicted molar refractivity (Wildman–Crippen MR) is 115 cm³/mol. The van der Waals surface area contributed by atoms with Crippen LogP contribution in [-0.2, 0) is 42.3 Å². The fourth-order valence-electron chi connectivity index (χ4n) is 1.75. The Morgan fingerprint density at radius 2 is 1.55 bits per heavy atom. The maximum Gasteiger partial charge on any atom is 2.00 e. The largest absolute Gasteiger partial charge is 2.00 e. The smallest absolute Gasteiger partial charge is 0.741 e. The second-order valence-corrected chi connectivity index (χ2v) is 6.82. The Bertz CT molecular complexity index is 764. The molecule has 0 amide bonds. The monoisotopic (exact) mass is 511 g/mol. The molecule has 13 heteroatoms. The van der Waals surface area contributed by atoms with Crippen LogP contribution < -0.4 is 10.6 Å². The molecule has 2 N–H and O–H groups in total. The molecule has 1 radical (unpaired) electrons. The number of rotatable bonds is 7. The van der Waals surface area contributed by atoms with Crippen LogP contribution in [0.1, 0.15) is 19.4 Å². The second kappa shape index (κ2) is 13.8. The van der Waals surface area contributed by atoms with Gasteiger partial charge in [-0.15, -0.1) is 16.9 Å². The van der Waals surface area contributed by atoms with Gasteiger partial charge in [-0.1, -0.05) is 12.1 Å². The Hall–Kier alpha value is -1.40. The average molecular weight is 512 g/mol. The third-order valence-corrected chi connectivity index (χ3v) is 4.20. The number of nitrogens with zero attached hydrogens (tertiary/aromatic N) is 4. The van der Waals surface area contributed by atoms with Gasteiger partial charge in [0.05, 0.1) is 5.71 Å². The van der Waals surface area contributed by atoms with E-state index in [0.717, 1.165) is 4.90 Å². The molecule has 0 aliphatic rings. The van der Waals surface area contributed by atoms with Gasteiger partial charge in [0.25, 0.3) is 0 Å². The standard InChI is InChI=1S/C16H21F3N6S3.Cu/c1-4-20-14(26)24-22-10(2)13(11-5-7-12(28-3)8-6-11)23-25-15(27)21-9-16(17,18)19;/h5-8H,4,9H2,1-3H3,(H2,20,24,26)(H2,21,25,27);/q;+2/p-2. The second-order valence-electron chi connectivity index (χ2n) is 5.17. The Balaban J connectivity index is 0.00000784. The molecule has 0 fully saturated rings. The molecule has 0 spiro atoms. The summed E-state index contributed by atoms with van der Waals surface area (Å²) in [6.45, 7) is 2.82. The van der Waals surface area contributed by atoms with E-state index in [4.69, 9.17) is 25.3 Å². The predicted octanol–water partition coefficient (Wildman–Crippen LogP) is 3.05. The molecular formula is C16H19CuF3N6S3. The molecule has 0 atom stereocenters.